The second kappa shape index (κ2) is 6.25. The number of carbonyl (C=O) groups excluding carboxylic acids is 1. The molecule has 2 aromatic carbocycles. The highest BCUT2D eigenvalue weighted by Crippen LogP contribution is 2.34. The van der Waals surface area contributed by atoms with Crippen molar-refractivity contribution in [2.75, 3.05) is 11.4 Å². The number of aromatic amines is 1. The molecule has 0 spiro atoms. The Hall–Kier alpha value is -3.12. The van der Waals surface area contributed by atoms with Gasteiger partial charge in [0, 0.05) is 22.0 Å². The number of carbonyl (C=O) groups is 1. The van der Waals surface area contributed by atoms with Gasteiger partial charge in [-0.3, -0.25) is 4.90 Å². The van der Waals surface area contributed by atoms with Crippen molar-refractivity contribution in [1.29, 1.82) is 0 Å². The van der Waals surface area contributed by atoms with Crippen LogP contribution in [0.3, 0.4) is 0 Å². The van der Waals surface area contributed by atoms with Crippen molar-refractivity contribution < 1.29 is 4.79 Å². The quantitative estimate of drug-likeness (QED) is 0.537. The number of nitrogens with one attached hydrogen (secondary N) is 2. The topological polar surface area (TPSA) is 61.0 Å². The van der Waals surface area contributed by atoms with Gasteiger partial charge >= 0.3 is 6.03 Å². The van der Waals surface area contributed by atoms with E-state index in [1.54, 1.807) is 17.7 Å². The van der Waals surface area contributed by atoms with Gasteiger partial charge in [-0.05, 0) is 48.4 Å². The van der Waals surface area contributed by atoms with E-state index in [-0.39, 0.29) is 12.1 Å². The van der Waals surface area contributed by atoms with Crippen LogP contribution < -0.4 is 10.2 Å². The van der Waals surface area contributed by atoms with Gasteiger partial charge in [0.05, 0.1) is 23.4 Å². The molecule has 0 radical (unpaired) electrons. The van der Waals surface area contributed by atoms with E-state index in [1.807, 2.05) is 23.1 Å². The fraction of sp³-hybridized carbons (Fsp3) is 0.143. The van der Waals surface area contributed by atoms with Gasteiger partial charge in [-0.25, -0.2) is 9.78 Å². The molecule has 134 valence electrons. The molecule has 3 heterocycles. The molecule has 27 heavy (non-hydrogen) atoms. The Morgan fingerprint density at radius 3 is 2.74 bits per heavy atom. The van der Waals surface area contributed by atoms with Crippen molar-refractivity contribution in [2.24, 2.45) is 0 Å². The number of aryl methyl sites for hydroxylation is 1. The fourth-order valence-electron chi connectivity index (χ4n) is 3.60. The Labute approximate surface area is 160 Å². The number of thiophene rings is 1. The molecule has 0 bridgehead atoms. The van der Waals surface area contributed by atoms with Gasteiger partial charge < -0.3 is 10.3 Å². The Kier molecular flexibility index (Phi) is 3.72. The SMILES string of the molecule is Cc1ccc(-c2ccc(C3CNC(=O)N3c3ccc4nc[nH]c4c3)cc2)s1. The van der Waals surface area contributed by atoms with Crippen LogP contribution in [0.25, 0.3) is 21.5 Å². The summed E-state index contributed by atoms with van der Waals surface area (Å²) in [6.45, 7) is 2.71. The summed E-state index contributed by atoms with van der Waals surface area (Å²) < 4.78 is 0. The Morgan fingerprint density at radius 1 is 1.11 bits per heavy atom. The lowest BCUT2D eigenvalue weighted by Gasteiger charge is -2.23. The summed E-state index contributed by atoms with van der Waals surface area (Å²) >= 11 is 1.79. The standard InChI is InChI=1S/C21H18N4OS/c1-13-2-9-20(27-13)15-5-3-14(4-6-15)19-11-22-21(26)25(19)16-7-8-17-18(10-16)24-12-23-17/h2-10,12,19H,11H2,1H3,(H,22,26)(H,23,24). The first kappa shape index (κ1) is 16.1. The zero-order chi connectivity index (χ0) is 18.4. The number of aromatic nitrogens is 2. The third kappa shape index (κ3) is 2.78. The van der Waals surface area contributed by atoms with Crippen LogP contribution >= 0.6 is 11.3 Å². The maximum Gasteiger partial charge on any atom is 0.322 e. The number of imidazole rings is 1. The molecular formula is C21H18N4OS. The molecule has 0 saturated carbocycles. The third-order valence-electron chi connectivity index (χ3n) is 4.98. The predicted molar refractivity (Wildman–Crippen MR) is 109 cm³/mol. The van der Waals surface area contributed by atoms with E-state index < -0.39 is 0 Å². The van der Waals surface area contributed by atoms with Crippen LogP contribution in [-0.2, 0) is 0 Å². The summed E-state index contributed by atoms with van der Waals surface area (Å²) in [4.78, 5) is 24.3. The van der Waals surface area contributed by atoms with E-state index in [4.69, 9.17) is 0 Å². The largest absolute Gasteiger partial charge is 0.345 e. The Morgan fingerprint density at radius 2 is 1.96 bits per heavy atom. The molecule has 1 aliphatic rings. The maximum absolute atomic E-state index is 12.5. The fourth-order valence-corrected chi connectivity index (χ4v) is 4.47. The average molecular weight is 374 g/mol. The first-order valence-corrected chi connectivity index (χ1v) is 9.68. The highest BCUT2D eigenvalue weighted by Gasteiger charge is 2.33. The molecule has 0 aliphatic carbocycles. The van der Waals surface area contributed by atoms with Crippen molar-refractivity contribution in [1.82, 2.24) is 15.3 Å². The number of hydrogen-bond acceptors (Lipinski definition) is 3. The van der Waals surface area contributed by atoms with Crippen LogP contribution in [0.2, 0.25) is 0 Å². The van der Waals surface area contributed by atoms with Crippen LogP contribution in [0.5, 0.6) is 0 Å². The minimum absolute atomic E-state index is 0.0306. The highest BCUT2D eigenvalue weighted by atomic mass is 32.1. The van der Waals surface area contributed by atoms with Gasteiger partial charge in [0.1, 0.15) is 0 Å². The Bertz CT molecular complexity index is 1130. The van der Waals surface area contributed by atoms with Gasteiger partial charge in [0.2, 0.25) is 0 Å². The zero-order valence-corrected chi connectivity index (χ0v) is 15.6. The predicted octanol–water partition coefficient (Wildman–Crippen LogP) is 4.87. The van der Waals surface area contributed by atoms with Crippen molar-refractivity contribution in [3.05, 3.63) is 71.4 Å². The highest BCUT2D eigenvalue weighted by molar-refractivity contribution is 7.15. The minimum Gasteiger partial charge on any atom is -0.345 e. The van der Waals surface area contributed by atoms with E-state index >= 15 is 0 Å². The molecule has 5 nitrogen and oxygen atoms in total. The molecule has 2 amide bonds. The molecule has 2 N–H and O–H groups in total. The number of nitrogens with zero attached hydrogens (tertiary/aromatic N) is 2. The summed E-state index contributed by atoms with van der Waals surface area (Å²) in [5.74, 6) is 0. The van der Waals surface area contributed by atoms with Gasteiger partial charge in [-0.2, -0.15) is 0 Å². The Balaban J connectivity index is 1.48. The number of urea groups is 1. The van der Waals surface area contributed by atoms with Crippen LogP contribution in [0.4, 0.5) is 10.5 Å². The van der Waals surface area contributed by atoms with Gasteiger partial charge in [-0.15, -0.1) is 11.3 Å². The van der Waals surface area contributed by atoms with E-state index in [0.29, 0.717) is 6.54 Å². The number of fused-ring (bicyclic) bond motifs is 1. The zero-order valence-electron chi connectivity index (χ0n) is 14.8. The van der Waals surface area contributed by atoms with Crippen LogP contribution in [0, 0.1) is 6.92 Å². The number of hydrogen-bond donors (Lipinski definition) is 2. The minimum atomic E-state index is -0.0724. The molecule has 1 unspecified atom stereocenters. The molecule has 4 aromatic rings. The molecule has 2 aromatic heterocycles. The molecule has 5 rings (SSSR count). The van der Waals surface area contributed by atoms with Crippen molar-refractivity contribution in [2.45, 2.75) is 13.0 Å². The summed E-state index contributed by atoms with van der Waals surface area (Å²) in [5, 5.41) is 2.97. The van der Waals surface area contributed by atoms with E-state index in [0.717, 1.165) is 22.3 Å². The lowest BCUT2D eigenvalue weighted by atomic mass is 10.0. The summed E-state index contributed by atoms with van der Waals surface area (Å²) in [6.07, 6.45) is 1.67. The van der Waals surface area contributed by atoms with Gasteiger partial charge in [-0.1, -0.05) is 24.3 Å². The number of anilines is 1. The first-order valence-electron chi connectivity index (χ1n) is 8.86. The maximum atomic E-state index is 12.5. The van der Waals surface area contributed by atoms with Crippen molar-refractivity contribution in [3.63, 3.8) is 0 Å². The number of H-pyrrole nitrogens is 1. The molecule has 6 heteroatoms. The van der Waals surface area contributed by atoms with Crippen LogP contribution in [0.15, 0.2) is 60.9 Å². The van der Waals surface area contributed by atoms with Crippen molar-refractivity contribution in [3.8, 4) is 10.4 Å². The van der Waals surface area contributed by atoms with E-state index in [2.05, 4.69) is 58.6 Å². The summed E-state index contributed by atoms with van der Waals surface area (Å²) in [7, 11) is 0. The second-order valence-electron chi connectivity index (χ2n) is 6.71. The monoisotopic (exact) mass is 374 g/mol. The van der Waals surface area contributed by atoms with E-state index in [1.165, 1.54) is 15.3 Å². The van der Waals surface area contributed by atoms with Crippen LogP contribution in [-0.4, -0.2) is 22.5 Å². The summed E-state index contributed by atoms with van der Waals surface area (Å²) in [5.41, 5.74) is 5.01. The number of benzene rings is 2. The normalized spacial score (nSPS) is 16.9. The lowest BCUT2D eigenvalue weighted by molar-refractivity contribution is 0.251. The number of rotatable bonds is 3. The van der Waals surface area contributed by atoms with Gasteiger partial charge in [0.15, 0.2) is 0 Å². The third-order valence-corrected chi connectivity index (χ3v) is 6.03. The lowest BCUT2D eigenvalue weighted by Crippen LogP contribution is -2.29. The molecular weight excluding hydrogens is 356 g/mol. The van der Waals surface area contributed by atoms with Crippen molar-refractivity contribution >= 4 is 34.1 Å². The average Bonchev–Trinajstić information content (AvgIpc) is 3.41. The smallest absolute Gasteiger partial charge is 0.322 e. The molecule has 1 aliphatic heterocycles. The van der Waals surface area contributed by atoms with E-state index in [9.17, 15) is 4.79 Å². The summed E-state index contributed by atoms with van der Waals surface area (Å²) in [6, 6.07) is 18.6. The first-order chi connectivity index (χ1) is 13.2. The molecule has 1 fully saturated rings. The molecule has 1 saturated heterocycles. The molecule has 1 atom stereocenters. The number of amides is 2. The second-order valence-corrected chi connectivity index (χ2v) is 8.00. The van der Waals surface area contributed by atoms with Gasteiger partial charge in [0.25, 0.3) is 0 Å². The van der Waals surface area contributed by atoms with Crippen LogP contribution in [0.1, 0.15) is 16.5 Å².